The largest absolute Gasteiger partial charge is 0.507 e. The second-order valence-electron chi connectivity index (χ2n) is 5.26. The monoisotopic (exact) mass is 373 g/mol. The molecule has 2 aromatic carbocycles. The lowest BCUT2D eigenvalue weighted by Crippen LogP contribution is -2.49. The van der Waals surface area contributed by atoms with E-state index in [-0.39, 0.29) is 23.0 Å². The third-order valence-electron chi connectivity index (χ3n) is 3.39. The Labute approximate surface area is 156 Å². The number of benzene rings is 2. The average Bonchev–Trinajstić information content (AvgIpc) is 2.65. The van der Waals surface area contributed by atoms with Crippen LogP contribution in [-0.2, 0) is 11.2 Å². The number of phenolic OH excluding ortho intramolecular Hbond substituents is 1. The summed E-state index contributed by atoms with van der Waals surface area (Å²) in [5.74, 6) is -0.654. The van der Waals surface area contributed by atoms with Gasteiger partial charge in [0.1, 0.15) is 11.5 Å². The normalized spacial score (nSPS) is 9.88. The number of hydrogen-bond acceptors (Lipinski definition) is 5. The van der Waals surface area contributed by atoms with Gasteiger partial charge in [-0.05, 0) is 48.5 Å². The third kappa shape index (κ3) is 5.75. The van der Waals surface area contributed by atoms with Crippen molar-refractivity contribution in [1.29, 1.82) is 0 Å². The summed E-state index contributed by atoms with van der Waals surface area (Å²) in [7, 11) is 0. The molecule has 8 heteroatoms. The highest BCUT2D eigenvalue weighted by atomic mass is 32.1. The number of carbonyl (C=O) groups excluding carboxylic acids is 2. The molecule has 0 heterocycles. The fraction of sp³-hybridized carbons (Fsp3) is 0.167. The van der Waals surface area contributed by atoms with Crippen LogP contribution in [0.3, 0.4) is 0 Å². The van der Waals surface area contributed by atoms with Crippen LogP contribution in [0, 0.1) is 0 Å². The molecule has 136 valence electrons. The van der Waals surface area contributed by atoms with Crippen molar-refractivity contribution in [1.82, 2.24) is 16.2 Å². The predicted molar refractivity (Wildman–Crippen MR) is 101 cm³/mol. The molecule has 0 unspecified atom stereocenters. The van der Waals surface area contributed by atoms with E-state index in [2.05, 4.69) is 23.1 Å². The van der Waals surface area contributed by atoms with E-state index < -0.39 is 11.8 Å². The SMILES string of the molecule is CCc1ccc(OCC(=O)NC(=S)NNC(=O)c2ccccc2O)cc1. The highest BCUT2D eigenvalue weighted by Crippen LogP contribution is 2.14. The number of aryl methyl sites for hydroxylation is 1. The van der Waals surface area contributed by atoms with Crippen LogP contribution in [0.15, 0.2) is 48.5 Å². The maximum absolute atomic E-state index is 11.9. The number of thiocarbonyl (C=S) groups is 1. The molecule has 0 aliphatic heterocycles. The van der Waals surface area contributed by atoms with Crippen molar-refractivity contribution in [3.8, 4) is 11.5 Å². The number of rotatable bonds is 5. The molecule has 0 saturated carbocycles. The highest BCUT2D eigenvalue weighted by Gasteiger charge is 2.11. The van der Waals surface area contributed by atoms with Crippen LogP contribution in [0.2, 0.25) is 0 Å². The maximum Gasteiger partial charge on any atom is 0.273 e. The van der Waals surface area contributed by atoms with Gasteiger partial charge in [-0.15, -0.1) is 0 Å². The maximum atomic E-state index is 11.9. The summed E-state index contributed by atoms with van der Waals surface area (Å²) < 4.78 is 5.36. The molecule has 0 bridgehead atoms. The zero-order chi connectivity index (χ0) is 18.9. The molecule has 0 saturated heterocycles. The number of carbonyl (C=O) groups is 2. The summed E-state index contributed by atoms with van der Waals surface area (Å²) in [5, 5.41) is 11.9. The van der Waals surface area contributed by atoms with Crippen molar-refractivity contribution in [2.75, 3.05) is 6.61 Å². The number of hydrogen-bond donors (Lipinski definition) is 4. The van der Waals surface area contributed by atoms with Gasteiger partial charge in [-0.2, -0.15) is 0 Å². The molecular weight excluding hydrogens is 354 g/mol. The standard InChI is InChI=1S/C18H19N3O4S/c1-2-12-7-9-13(10-8-12)25-11-16(23)19-18(26)21-20-17(24)14-5-3-4-6-15(14)22/h3-10,22H,2,11H2,1H3,(H,20,24)(H2,19,21,23,26). The minimum Gasteiger partial charge on any atom is -0.507 e. The quantitative estimate of drug-likeness (QED) is 0.470. The summed E-state index contributed by atoms with van der Waals surface area (Å²) in [4.78, 5) is 23.7. The highest BCUT2D eigenvalue weighted by molar-refractivity contribution is 7.80. The fourth-order valence-corrected chi connectivity index (χ4v) is 2.18. The van der Waals surface area contributed by atoms with E-state index in [0.717, 1.165) is 6.42 Å². The molecule has 0 aliphatic carbocycles. The van der Waals surface area contributed by atoms with Crippen LogP contribution >= 0.6 is 12.2 Å². The van der Waals surface area contributed by atoms with Gasteiger partial charge in [0.2, 0.25) is 0 Å². The number of ether oxygens (including phenoxy) is 1. The van der Waals surface area contributed by atoms with Crippen molar-refractivity contribution in [2.24, 2.45) is 0 Å². The Balaban J connectivity index is 1.73. The van der Waals surface area contributed by atoms with Gasteiger partial charge in [-0.25, -0.2) is 0 Å². The molecule has 7 nitrogen and oxygen atoms in total. The number of nitrogens with one attached hydrogen (secondary N) is 3. The molecular formula is C18H19N3O4S. The smallest absolute Gasteiger partial charge is 0.273 e. The first kappa shape index (κ1) is 19.2. The van der Waals surface area contributed by atoms with Gasteiger partial charge in [-0.3, -0.25) is 25.8 Å². The van der Waals surface area contributed by atoms with Gasteiger partial charge in [0.05, 0.1) is 5.56 Å². The van der Waals surface area contributed by atoms with E-state index in [1.54, 1.807) is 24.3 Å². The Hall–Kier alpha value is -3.13. The van der Waals surface area contributed by atoms with Crippen LogP contribution < -0.4 is 20.9 Å². The van der Waals surface area contributed by atoms with Gasteiger partial charge in [0, 0.05) is 0 Å². The molecule has 26 heavy (non-hydrogen) atoms. The summed E-state index contributed by atoms with van der Waals surface area (Å²) in [6.07, 6.45) is 0.924. The molecule has 4 N–H and O–H groups in total. The van der Waals surface area contributed by atoms with Crippen LogP contribution in [0.1, 0.15) is 22.8 Å². The second-order valence-corrected chi connectivity index (χ2v) is 5.67. The summed E-state index contributed by atoms with van der Waals surface area (Å²) in [6, 6.07) is 13.5. The second kappa shape index (κ2) is 9.38. The van der Waals surface area contributed by atoms with Gasteiger partial charge in [0.15, 0.2) is 11.7 Å². The van der Waals surface area contributed by atoms with Crippen LogP contribution in [-0.4, -0.2) is 28.6 Å². The Morgan fingerprint density at radius 1 is 1.08 bits per heavy atom. The van der Waals surface area contributed by atoms with Gasteiger partial charge < -0.3 is 9.84 Å². The van der Waals surface area contributed by atoms with Gasteiger partial charge in [0.25, 0.3) is 11.8 Å². The molecule has 0 aliphatic rings. The zero-order valence-corrected chi connectivity index (χ0v) is 14.9. The van der Waals surface area contributed by atoms with E-state index in [9.17, 15) is 14.7 Å². The summed E-state index contributed by atoms with van der Waals surface area (Å²) >= 11 is 4.92. The first-order valence-electron chi connectivity index (χ1n) is 7.89. The molecule has 0 fully saturated rings. The molecule has 2 aromatic rings. The van der Waals surface area contributed by atoms with E-state index in [0.29, 0.717) is 5.75 Å². The van der Waals surface area contributed by atoms with Crippen LogP contribution in [0.5, 0.6) is 11.5 Å². The van der Waals surface area contributed by atoms with Crippen molar-refractivity contribution in [3.05, 3.63) is 59.7 Å². The first-order chi connectivity index (χ1) is 12.5. The predicted octanol–water partition coefficient (Wildman–Crippen LogP) is 1.67. The first-order valence-corrected chi connectivity index (χ1v) is 8.30. The lowest BCUT2D eigenvalue weighted by Gasteiger charge is -2.12. The minimum atomic E-state index is -0.591. The number of aromatic hydroxyl groups is 1. The van der Waals surface area contributed by atoms with Crippen LogP contribution in [0.4, 0.5) is 0 Å². The summed E-state index contributed by atoms with van der Waals surface area (Å²) in [6.45, 7) is 1.83. The van der Waals surface area contributed by atoms with E-state index >= 15 is 0 Å². The Morgan fingerprint density at radius 3 is 2.42 bits per heavy atom. The molecule has 0 aromatic heterocycles. The topological polar surface area (TPSA) is 99.7 Å². The fourth-order valence-electron chi connectivity index (χ4n) is 2.01. The number of para-hydroxylation sites is 1. The van der Waals surface area contributed by atoms with Gasteiger partial charge >= 0.3 is 0 Å². The van der Waals surface area contributed by atoms with E-state index in [4.69, 9.17) is 17.0 Å². The van der Waals surface area contributed by atoms with Gasteiger partial charge in [-0.1, -0.05) is 31.2 Å². The lowest BCUT2D eigenvalue weighted by molar-refractivity contribution is -0.121. The Kier molecular flexibility index (Phi) is 6.92. The minimum absolute atomic E-state index is 0.0768. The van der Waals surface area contributed by atoms with Crippen molar-refractivity contribution < 1.29 is 19.4 Å². The molecule has 2 rings (SSSR count). The Morgan fingerprint density at radius 2 is 1.77 bits per heavy atom. The number of amides is 2. The third-order valence-corrected chi connectivity index (χ3v) is 3.60. The average molecular weight is 373 g/mol. The summed E-state index contributed by atoms with van der Waals surface area (Å²) in [5.41, 5.74) is 5.92. The molecule has 0 radical (unpaired) electrons. The van der Waals surface area contributed by atoms with Crippen molar-refractivity contribution in [2.45, 2.75) is 13.3 Å². The molecule has 0 atom stereocenters. The van der Waals surface area contributed by atoms with Crippen molar-refractivity contribution >= 4 is 29.1 Å². The number of hydrazine groups is 1. The van der Waals surface area contributed by atoms with Crippen LogP contribution in [0.25, 0.3) is 0 Å². The van der Waals surface area contributed by atoms with Crippen molar-refractivity contribution in [3.63, 3.8) is 0 Å². The zero-order valence-electron chi connectivity index (χ0n) is 14.1. The lowest BCUT2D eigenvalue weighted by atomic mass is 10.2. The number of phenols is 1. The Bertz CT molecular complexity index is 793. The molecule has 2 amide bonds. The van der Waals surface area contributed by atoms with E-state index in [1.807, 2.05) is 12.1 Å². The van der Waals surface area contributed by atoms with E-state index in [1.165, 1.54) is 17.7 Å². The molecule has 0 spiro atoms.